The van der Waals surface area contributed by atoms with E-state index in [-0.39, 0.29) is 50.8 Å². The van der Waals surface area contributed by atoms with Gasteiger partial charge in [-0.05, 0) is 6.92 Å². The van der Waals surface area contributed by atoms with Crippen molar-refractivity contribution in [2.45, 2.75) is 13.0 Å². The number of benzene rings is 1. The maximum atomic E-state index is 13.0. The molecule has 4 N–H and O–H groups in total. The number of nitrogens with zero attached hydrogens (tertiary/aromatic N) is 2. The lowest BCUT2D eigenvalue weighted by atomic mass is 10.2. The van der Waals surface area contributed by atoms with Crippen LogP contribution in [-0.2, 0) is 13.9 Å². The number of aromatic nitrogens is 2. The number of carbonyl (C=O) groups excluding carboxylic acids is 1. The SMILES string of the molecule is CNC(=O)[C@H](COc1ncc(Cl)c2c1c(=O)cc(C)n2-c1c(Cl)cc(OCCO)cc1Cl)OP(=O)(O)O. The minimum absolute atomic E-state index is 0.0208. The largest absolute Gasteiger partial charge is 0.491 e. The molecule has 1 amide bonds. The average molecular weight is 597 g/mol. The number of hydrogen-bond donors (Lipinski definition) is 4. The highest BCUT2D eigenvalue weighted by atomic mass is 35.5. The number of aliphatic hydroxyl groups excluding tert-OH is 1. The van der Waals surface area contributed by atoms with Crippen molar-refractivity contribution in [3.8, 4) is 17.3 Å². The molecular formula is C21H21Cl3N3O9P. The van der Waals surface area contributed by atoms with Gasteiger partial charge in [0.25, 0.3) is 5.91 Å². The summed E-state index contributed by atoms with van der Waals surface area (Å²) in [6, 6.07) is 4.21. The number of halogens is 3. The lowest BCUT2D eigenvalue weighted by molar-refractivity contribution is -0.129. The van der Waals surface area contributed by atoms with Crippen LogP contribution in [0.1, 0.15) is 5.69 Å². The maximum absolute atomic E-state index is 13.0. The van der Waals surface area contributed by atoms with Crippen molar-refractivity contribution in [1.82, 2.24) is 14.9 Å². The third kappa shape index (κ3) is 6.73. The van der Waals surface area contributed by atoms with Crippen molar-refractivity contribution >= 4 is 59.4 Å². The standard InChI is InChI=1S/C21H21Cl3N3O9P/c1-10-5-15(29)17-19(27(10)18-12(22)6-11(7-13(18)23)34-4-3-28)14(24)8-26-21(17)35-9-16(20(30)25-2)36-37(31,32)33/h5-8,16,28H,3-4,9H2,1-2H3,(H,25,30)(H2,31,32,33)/t16-/m0/s1. The molecule has 12 nitrogen and oxygen atoms in total. The predicted molar refractivity (Wildman–Crippen MR) is 136 cm³/mol. The van der Waals surface area contributed by atoms with Gasteiger partial charge in [0.2, 0.25) is 5.88 Å². The first-order valence-corrected chi connectivity index (χ1v) is 13.1. The summed E-state index contributed by atoms with van der Waals surface area (Å²) in [5.74, 6) is -0.855. The molecule has 0 radical (unpaired) electrons. The summed E-state index contributed by atoms with van der Waals surface area (Å²) in [6.07, 6.45) is -0.533. The Morgan fingerprint density at radius 1 is 1.16 bits per heavy atom. The van der Waals surface area contributed by atoms with E-state index in [2.05, 4.69) is 14.8 Å². The lowest BCUT2D eigenvalue weighted by Gasteiger charge is -2.21. The van der Waals surface area contributed by atoms with E-state index >= 15 is 0 Å². The van der Waals surface area contributed by atoms with Gasteiger partial charge in [-0.2, -0.15) is 0 Å². The predicted octanol–water partition coefficient (Wildman–Crippen LogP) is 2.63. The summed E-state index contributed by atoms with van der Waals surface area (Å²) in [7, 11) is -3.81. The molecule has 3 rings (SSSR count). The molecule has 0 aliphatic heterocycles. The van der Waals surface area contributed by atoms with Gasteiger partial charge in [0.1, 0.15) is 24.3 Å². The van der Waals surface area contributed by atoms with Crippen molar-refractivity contribution in [1.29, 1.82) is 0 Å². The smallest absolute Gasteiger partial charge is 0.470 e. The van der Waals surface area contributed by atoms with Gasteiger partial charge in [0, 0.05) is 30.9 Å². The second kappa shape index (κ2) is 12.0. The Hall–Kier alpha value is -2.41. The molecule has 0 aliphatic rings. The molecule has 200 valence electrons. The van der Waals surface area contributed by atoms with Gasteiger partial charge in [-0.15, -0.1) is 0 Å². The van der Waals surface area contributed by atoms with Crippen molar-refractivity contribution < 1.29 is 38.3 Å². The van der Waals surface area contributed by atoms with Crippen LogP contribution in [0.15, 0.2) is 29.2 Å². The molecule has 0 saturated carbocycles. The summed E-state index contributed by atoms with van der Waals surface area (Å²) in [5, 5.41) is 11.4. The van der Waals surface area contributed by atoms with Crippen molar-refractivity contribution in [2.24, 2.45) is 0 Å². The number of ether oxygens (including phenoxy) is 2. The van der Waals surface area contributed by atoms with Gasteiger partial charge in [-0.3, -0.25) is 14.1 Å². The van der Waals surface area contributed by atoms with E-state index in [4.69, 9.17) is 59.2 Å². The van der Waals surface area contributed by atoms with E-state index < -0.39 is 31.9 Å². The summed E-state index contributed by atoms with van der Waals surface area (Å²) >= 11 is 19.5. The second-order valence-corrected chi connectivity index (χ2v) is 9.85. The van der Waals surface area contributed by atoms with Crippen LogP contribution in [0.4, 0.5) is 0 Å². The van der Waals surface area contributed by atoms with E-state index in [0.717, 1.165) is 0 Å². The molecule has 0 unspecified atom stereocenters. The Bertz CT molecular complexity index is 1420. The number of likely N-dealkylation sites (N-methyl/N-ethyl adjacent to an activating group) is 1. The molecule has 0 aliphatic carbocycles. The van der Waals surface area contributed by atoms with E-state index in [1.54, 1.807) is 6.92 Å². The number of aryl methyl sites for hydroxylation is 1. The van der Waals surface area contributed by atoms with E-state index in [9.17, 15) is 14.2 Å². The Kier molecular flexibility index (Phi) is 9.43. The first kappa shape index (κ1) is 29.2. The maximum Gasteiger partial charge on any atom is 0.470 e. The van der Waals surface area contributed by atoms with E-state index in [1.807, 2.05) is 0 Å². The number of rotatable bonds is 10. The monoisotopic (exact) mass is 595 g/mol. The van der Waals surface area contributed by atoms with Crippen LogP contribution in [-0.4, -0.2) is 63.3 Å². The number of fused-ring (bicyclic) bond motifs is 1. The highest BCUT2D eigenvalue weighted by Gasteiger charge is 2.29. The van der Waals surface area contributed by atoms with Crippen molar-refractivity contribution in [2.75, 3.05) is 26.9 Å². The second-order valence-electron chi connectivity index (χ2n) is 7.44. The molecule has 2 aromatic heterocycles. The van der Waals surface area contributed by atoms with Crippen LogP contribution >= 0.6 is 42.6 Å². The summed E-state index contributed by atoms with van der Waals surface area (Å²) in [4.78, 5) is 47.3. The molecule has 0 bridgehead atoms. The molecule has 1 atom stereocenters. The zero-order valence-corrected chi connectivity index (χ0v) is 22.4. The summed E-state index contributed by atoms with van der Waals surface area (Å²) in [5.41, 5.74) is 0.236. The van der Waals surface area contributed by atoms with Crippen LogP contribution in [0.2, 0.25) is 15.1 Å². The molecule has 37 heavy (non-hydrogen) atoms. The third-order valence-electron chi connectivity index (χ3n) is 4.88. The van der Waals surface area contributed by atoms with Crippen LogP contribution < -0.4 is 20.2 Å². The Morgan fingerprint density at radius 3 is 2.38 bits per heavy atom. The topological polar surface area (TPSA) is 169 Å². The molecule has 0 saturated heterocycles. The van der Waals surface area contributed by atoms with Crippen LogP contribution in [0, 0.1) is 6.92 Å². The first-order chi connectivity index (χ1) is 17.4. The Balaban J connectivity index is 2.17. The molecule has 3 aromatic rings. The zero-order chi connectivity index (χ0) is 27.5. The van der Waals surface area contributed by atoms with Gasteiger partial charge in [-0.1, -0.05) is 34.8 Å². The number of carbonyl (C=O) groups is 1. The third-order valence-corrected chi connectivity index (χ3v) is 6.27. The fourth-order valence-corrected chi connectivity index (χ4v) is 4.79. The van der Waals surface area contributed by atoms with Crippen LogP contribution in [0.3, 0.4) is 0 Å². The Morgan fingerprint density at radius 2 is 1.81 bits per heavy atom. The van der Waals surface area contributed by atoms with E-state index in [0.29, 0.717) is 11.4 Å². The Labute approximate surface area is 224 Å². The minimum atomic E-state index is -5.05. The van der Waals surface area contributed by atoms with Gasteiger partial charge < -0.3 is 34.3 Å². The fourth-order valence-electron chi connectivity index (χ4n) is 3.44. The molecule has 2 heterocycles. The number of phosphoric acid groups is 1. The normalized spacial score (nSPS) is 12.4. The van der Waals surface area contributed by atoms with Crippen molar-refractivity contribution in [3.63, 3.8) is 0 Å². The highest BCUT2D eigenvalue weighted by molar-refractivity contribution is 7.46. The molecule has 0 fully saturated rings. The van der Waals surface area contributed by atoms with Crippen molar-refractivity contribution in [3.05, 3.63) is 55.4 Å². The van der Waals surface area contributed by atoms with Gasteiger partial charge in [0.15, 0.2) is 11.5 Å². The van der Waals surface area contributed by atoms with Crippen LogP contribution in [0.25, 0.3) is 16.6 Å². The van der Waals surface area contributed by atoms with Gasteiger partial charge in [-0.25, -0.2) is 9.55 Å². The minimum Gasteiger partial charge on any atom is -0.491 e. The number of hydrogen-bond acceptors (Lipinski definition) is 8. The zero-order valence-electron chi connectivity index (χ0n) is 19.3. The highest BCUT2D eigenvalue weighted by Crippen LogP contribution is 2.39. The summed E-state index contributed by atoms with van der Waals surface area (Å²) in [6.45, 7) is 0.732. The molecule has 1 aromatic carbocycles. The fraction of sp³-hybridized carbons (Fsp3) is 0.286. The summed E-state index contributed by atoms with van der Waals surface area (Å²) < 4.78 is 28.2. The molecule has 0 spiro atoms. The van der Waals surface area contributed by atoms with Gasteiger partial charge >= 0.3 is 7.82 Å². The molecular weight excluding hydrogens is 576 g/mol. The van der Waals surface area contributed by atoms with Crippen LogP contribution in [0.5, 0.6) is 11.6 Å². The molecule has 16 heteroatoms. The van der Waals surface area contributed by atoms with Gasteiger partial charge in [0.05, 0.1) is 39.1 Å². The number of amides is 1. The lowest BCUT2D eigenvalue weighted by Crippen LogP contribution is -2.38. The number of pyridine rings is 2. The average Bonchev–Trinajstić information content (AvgIpc) is 2.81. The quantitative estimate of drug-likeness (QED) is 0.255. The van der Waals surface area contributed by atoms with E-state index in [1.165, 1.54) is 36.0 Å². The first-order valence-electron chi connectivity index (χ1n) is 10.4. The number of aliphatic hydroxyl groups is 1. The number of nitrogens with one attached hydrogen (secondary N) is 1. The number of phosphoric ester groups is 1.